The van der Waals surface area contributed by atoms with E-state index < -0.39 is 0 Å². The molecule has 92 valence electrons. The Bertz CT molecular complexity index is 360. The van der Waals surface area contributed by atoms with Crippen LogP contribution < -0.4 is 10.6 Å². The molecule has 1 aliphatic heterocycles. The predicted molar refractivity (Wildman–Crippen MR) is 66.4 cm³/mol. The van der Waals surface area contributed by atoms with Gasteiger partial charge < -0.3 is 10.6 Å². The van der Waals surface area contributed by atoms with Gasteiger partial charge in [0.05, 0.1) is 12.1 Å². The number of pyridine rings is 1. The van der Waals surface area contributed by atoms with Crippen LogP contribution in [0.1, 0.15) is 37.8 Å². The van der Waals surface area contributed by atoms with Crippen molar-refractivity contribution in [3.05, 3.63) is 30.1 Å². The maximum atomic E-state index is 12.0. The Kier molecular flexibility index (Phi) is 4.09. The standard InChI is InChI=1S/C13H19N3O/c1-10(11-5-4-7-14-9-11)16-13(17)12-6-2-3-8-15-12/h4-5,7,9-10,12,15H,2-3,6,8H2,1H3,(H,16,17). The maximum Gasteiger partial charge on any atom is 0.237 e. The first-order valence-corrected chi connectivity index (χ1v) is 6.21. The first-order chi connectivity index (χ1) is 8.27. The molecule has 4 nitrogen and oxygen atoms in total. The molecule has 2 rings (SSSR count). The summed E-state index contributed by atoms with van der Waals surface area (Å²) in [6.45, 7) is 2.93. The summed E-state index contributed by atoms with van der Waals surface area (Å²) in [4.78, 5) is 16.0. The summed E-state index contributed by atoms with van der Waals surface area (Å²) in [5.74, 6) is 0.0982. The summed E-state index contributed by atoms with van der Waals surface area (Å²) in [6, 6.07) is 3.85. The van der Waals surface area contributed by atoms with E-state index in [0.717, 1.165) is 24.9 Å². The fourth-order valence-corrected chi connectivity index (χ4v) is 2.11. The van der Waals surface area contributed by atoms with E-state index in [9.17, 15) is 4.79 Å². The van der Waals surface area contributed by atoms with Crippen molar-refractivity contribution < 1.29 is 4.79 Å². The summed E-state index contributed by atoms with van der Waals surface area (Å²) in [7, 11) is 0. The fourth-order valence-electron chi connectivity index (χ4n) is 2.11. The Morgan fingerprint density at radius 1 is 1.59 bits per heavy atom. The number of nitrogens with zero attached hydrogens (tertiary/aromatic N) is 1. The smallest absolute Gasteiger partial charge is 0.237 e. The van der Waals surface area contributed by atoms with E-state index in [2.05, 4.69) is 15.6 Å². The van der Waals surface area contributed by atoms with Gasteiger partial charge in [-0.3, -0.25) is 9.78 Å². The average molecular weight is 233 g/mol. The van der Waals surface area contributed by atoms with E-state index in [0.29, 0.717) is 0 Å². The SMILES string of the molecule is CC(NC(=O)C1CCCCN1)c1cccnc1. The van der Waals surface area contributed by atoms with Crippen molar-refractivity contribution in [1.29, 1.82) is 0 Å². The predicted octanol–water partition coefficient (Wildman–Crippen LogP) is 1.40. The third kappa shape index (κ3) is 3.27. The van der Waals surface area contributed by atoms with Crippen LogP contribution in [0.4, 0.5) is 0 Å². The second-order valence-corrected chi connectivity index (χ2v) is 4.52. The quantitative estimate of drug-likeness (QED) is 0.829. The minimum absolute atomic E-state index is 0.0138. The van der Waals surface area contributed by atoms with Gasteiger partial charge in [-0.25, -0.2) is 0 Å². The lowest BCUT2D eigenvalue weighted by atomic mass is 10.0. The third-order valence-corrected chi connectivity index (χ3v) is 3.17. The summed E-state index contributed by atoms with van der Waals surface area (Å²) in [5.41, 5.74) is 1.04. The summed E-state index contributed by atoms with van der Waals surface area (Å²) in [6.07, 6.45) is 6.76. The van der Waals surface area contributed by atoms with Gasteiger partial charge >= 0.3 is 0 Å². The van der Waals surface area contributed by atoms with Gasteiger partial charge in [0.25, 0.3) is 0 Å². The molecule has 0 radical (unpaired) electrons. The second kappa shape index (κ2) is 5.77. The van der Waals surface area contributed by atoms with Gasteiger partial charge in [0.15, 0.2) is 0 Å². The molecule has 1 aromatic rings. The maximum absolute atomic E-state index is 12.0. The van der Waals surface area contributed by atoms with Crippen LogP contribution in [0.25, 0.3) is 0 Å². The molecule has 1 saturated heterocycles. The monoisotopic (exact) mass is 233 g/mol. The Labute approximate surface area is 102 Å². The van der Waals surface area contributed by atoms with Gasteiger partial charge in [-0.2, -0.15) is 0 Å². The molecule has 0 bridgehead atoms. The largest absolute Gasteiger partial charge is 0.348 e. The van der Waals surface area contributed by atoms with Gasteiger partial charge in [-0.05, 0) is 37.9 Å². The van der Waals surface area contributed by atoms with Crippen molar-refractivity contribution >= 4 is 5.91 Å². The normalized spacial score (nSPS) is 21.8. The van der Waals surface area contributed by atoms with Crippen LogP contribution in [0.5, 0.6) is 0 Å². The van der Waals surface area contributed by atoms with Crippen LogP contribution in [-0.4, -0.2) is 23.5 Å². The molecule has 2 heterocycles. The van der Waals surface area contributed by atoms with Crippen LogP contribution in [0.3, 0.4) is 0 Å². The number of hydrogen-bond acceptors (Lipinski definition) is 3. The van der Waals surface area contributed by atoms with Gasteiger partial charge in [0.1, 0.15) is 0 Å². The highest BCUT2D eigenvalue weighted by Gasteiger charge is 2.21. The molecular formula is C13H19N3O. The van der Waals surface area contributed by atoms with Crippen molar-refractivity contribution in [1.82, 2.24) is 15.6 Å². The summed E-state index contributed by atoms with van der Waals surface area (Å²) >= 11 is 0. The van der Waals surface area contributed by atoms with Crippen molar-refractivity contribution in [3.8, 4) is 0 Å². The molecule has 4 heteroatoms. The van der Waals surface area contributed by atoms with E-state index >= 15 is 0 Å². The van der Waals surface area contributed by atoms with Crippen LogP contribution in [0.15, 0.2) is 24.5 Å². The zero-order chi connectivity index (χ0) is 12.1. The van der Waals surface area contributed by atoms with Crippen molar-refractivity contribution in [2.45, 2.75) is 38.3 Å². The van der Waals surface area contributed by atoms with Crippen molar-refractivity contribution in [2.75, 3.05) is 6.54 Å². The third-order valence-electron chi connectivity index (χ3n) is 3.17. The number of nitrogens with one attached hydrogen (secondary N) is 2. The first kappa shape index (κ1) is 12.0. The number of piperidine rings is 1. The Morgan fingerprint density at radius 3 is 3.12 bits per heavy atom. The topological polar surface area (TPSA) is 54.0 Å². The highest BCUT2D eigenvalue weighted by atomic mass is 16.2. The van der Waals surface area contributed by atoms with Gasteiger partial charge in [-0.1, -0.05) is 12.5 Å². The molecule has 0 spiro atoms. The summed E-state index contributed by atoms with van der Waals surface area (Å²) in [5, 5.41) is 6.27. The van der Waals surface area contributed by atoms with Crippen LogP contribution >= 0.6 is 0 Å². The molecule has 2 unspecified atom stereocenters. The van der Waals surface area contributed by atoms with Crippen molar-refractivity contribution in [3.63, 3.8) is 0 Å². The zero-order valence-corrected chi connectivity index (χ0v) is 10.1. The van der Waals surface area contributed by atoms with Gasteiger partial charge in [0.2, 0.25) is 5.91 Å². The number of carbonyl (C=O) groups is 1. The second-order valence-electron chi connectivity index (χ2n) is 4.52. The van der Waals surface area contributed by atoms with Crippen LogP contribution in [0, 0.1) is 0 Å². The van der Waals surface area contributed by atoms with E-state index in [1.54, 1.807) is 12.4 Å². The number of hydrogen-bond donors (Lipinski definition) is 2. The van der Waals surface area contributed by atoms with E-state index in [1.807, 2.05) is 19.1 Å². The molecule has 2 N–H and O–H groups in total. The fraction of sp³-hybridized carbons (Fsp3) is 0.538. The van der Waals surface area contributed by atoms with Crippen LogP contribution in [0.2, 0.25) is 0 Å². The first-order valence-electron chi connectivity index (χ1n) is 6.21. The lowest BCUT2D eigenvalue weighted by Gasteiger charge is -2.24. The Morgan fingerprint density at radius 2 is 2.47 bits per heavy atom. The minimum Gasteiger partial charge on any atom is -0.348 e. The molecule has 1 aromatic heterocycles. The zero-order valence-electron chi connectivity index (χ0n) is 10.1. The molecular weight excluding hydrogens is 214 g/mol. The molecule has 17 heavy (non-hydrogen) atoms. The van der Waals surface area contributed by atoms with E-state index in [1.165, 1.54) is 6.42 Å². The molecule has 1 amide bonds. The lowest BCUT2D eigenvalue weighted by Crippen LogP contribution is -2.47. The lowest BCUT2D eigenvalue weighted by molar-refractivity contribution is -0.124. The molecule has 2 atom stereocenters. The molecule has 1 aliphatic rings. The van der Waals surface area contributed by atoms with Crippen molar-refractivity contribution in [2.24, 2.45) is 0 Å². The highest BCUT2D eigenvalue weighted by molar-refractivity contribution is 5.82. The minimum atomic E-state index is -0.0251. The van der Waals surface area contributed by atoms with Gasteiger partial charge in [0, 0.05) is 12.4 Å². The number of aromatic nitrogens is 1. The van der Waals surface area contributed by atoms with E-state index in [-0.39, 0.29) is 18.0 Å². The number of rotatable bonds is 3. The number of carbonyl (C=O) groups excluding carboxylic acids is 1. The van der Waals surface area contributed by atoms with E-state index in [4.69, 9.17) is 0 Å². The van der Waals surface area contributed by atoms with Crippen LogP contribution in [-0.2, 0) is 4.79 Å². The average Bonchev–Trinajstić information content (AvgIpc) is 2.40. The Balaban J connectivity index is 1.89. The molecule has 0 aromatic carbocycles. The van der Waals surface area contributed by atoms with Gasteiger partial charge in [-0.15, -0.1) is 0 Å². The molecule has 0 aliphatic carbocycles. The molecule has 1 fully saturated rings. The summed E-state index contributed by atoms with van der Waals surface area (Å²) < 4.78 is 0. The highest BCUT2D eigenvalue weighted by Crippen LogP contribution is 2.12. The number of amides is 1. The molecule has 0 saturated carbocycles. The Hall–Kier alpha value is -1.42.